The Bertz CT molecular complexity index is 2190. The summed E-state index contributed by atoms with van der Waals surface area (Å²) in [7, 11) is 0. The lowest BCUT2D eigenvalue weighted by Gasteiger charge is -2.38. The summed E-state index contributed by atoms with van der Waals surface area (Å²) < 4.78 is 2.12. The number of benzene rings is 2. The topological polar surface area (TPSA) is 175 Å². The zero-order chi connectivity index (χ0) is 39.0. The molecule has 15 heteroatoms. The number of likely N-dealkylation sites (tertiary alicyclic amines) is 1. The standard InChI is InChI=1S/C42H48N10O5/c53-34-10-9-33(40(55)48-34)52-41(56)31-7-4-8-32(36(31)42(52)57)50-17-13-28(14-18-50)23-49-15-11-27(12-16-49)22-43-38-37-39(45-24-44-38)51(25-46-37)30-20-29(21-30)47-35(54)19-26-5-2-1-3-6-26/h1-8,24-25,27-30,33H,9-23H2,(H,47,54)(H,43,44,45)(H,48,53,55)/t29?,30?,33-/m0/s1. The van der Waals surface area contributed by atoms with E-state index in [0.717, 1.165) is 111 Å². The van der Waals surface area contributed by atoms with Crippen LogP contribution in [0.2, 0.25) is 0 Å². The zero-order valence-electron chi connectivity index (χ0n) is 31.9. The zero-order valence-corrected chi connectivity index (χ0v) is 31.9. The average Bonchev–Trinajstić information content (AvgIpc) is 3.74. The van der Waals surface area contributed by atoms with Crippen molar-refractivity contribution < 1.29 is 24.0 Å². The molecule has 2 aromatic carbocycles. The molecule has 0 bridgehead atoms. The Morgan fingerprint density at radius 1 is 0.825 bits per heavy atom. The van der Waals surface area contributed by atoms with Gasteiger partial charge in [0.1, 0.15) is 17.9 Å². The number of nitrogens with one attached hydrogen (secondary N) is 3. The number of aromatic nitrogens is 4. The molecule has 1 atom stereocenters. The van der Waals surface area contributed by atoms with Crippen LogP contribution in [0.4, 0.5) is 11.5 Å². The highest BCUT2D eigenvalue weighted by Gasteiger charge is 2.46. The van der Waals surface area contributed by atoms with E-state index in [1.54, 1.807) is 18.5 Å². The maximum Gasteiger partial charge on any atom is 0.264 e. The predicted octanol–water partition coefficient (Wildman–Crippen LogP) is 3.33. The minimum Gasteiger partial charge on any atom is -0.371 e. The Labute approximate surface area is 330 Å². The summed E-state index contributed by atoms with van der Waals surface area (Å²) in [6.07, 6.45) is 9.97. The van der Waals surface area contributed by atoms with E-state index >= 15 is 0 Å². The van der Waals surface area contributed by atoms with Crippen LogP contribution in [0.15, 0.2) is 61.2 Å². The number of carbonyl (C=O) groups is 5. The van der Waals surface area contributed by atoms with Crippen molar-refractivity contribution in [2.75, 3.05) is 49.5 Å². The van der Waals surface area contributed by atoms with E-state index in [0.29, 0.717) is 29.4 Å². The number of fused-ring (bicyclic) bond motifs is 2. The summed E-state index contributed by atoms with van der Waals surface area (Å²) in [5.74, 6) is -0.0132. The van der Waals surface area contributed by atoms with E-state index in [4.69, 9.17) is 4.98 Å². The van der Waals surface area contributed by atoms with E-state index in [1.165, 1.54) is 0 Å². The number of carbonyl (C=O) groups excluding carboxylic acids is 5. The van der Waals surface area contributed by atoms with Gasteiger partial charge >= 0.3 is 0 Å². The molecule has 5 aliphatic rings. The molecule has 15 nitrogen and oxygen atoms in total. The first-order valence-corrected chi connectivity index (χ1v) is 20.4. The van der Waals surface area contributed by atoms with Gasteiger partial charge < -0.3 is 25.0 Å². The molecule has 1 aliphatic carbocycles. The van der Waals surface area contributed by atoms with Crippen molar-refractivity contribution in [2.24, 2.45) is 11.8 Å². The van der Waals surface area contributed by atoms with Gasteiger partial charge in [-0.15, -0.1) is 0 Å². The fraction of sp³-hybridized carbons (Fsp3) is 0.476. The Morgan fingerprint density at radius 3 is 2.37 bits per heavy atom. The van der Waals surface area contributed by atoms with Gasteiger partial charge in [0.2, 0.25) is 17.7 Å². The lowest BCUT2D eigenvalue weighted by atomic mass is 9.86. The molecule has 4 fully saturated rings. The fourth-order valence-corrected chi connectivity index (χ4v) is 9.34. The first kappa shape index (κ1) is 36.9. The molecule has 1 saturated carbocycles. The van der Waals surface area contributed by atoms with Crippen molar-refractivity contribution in [3.63, 3.8) is 0 Å². The SMILES string of the molecule is O=C1CC[C@H](N2C(=O)c3cccc(N4CCC(CN5CCC(CNc6ncnc7c6ncn7C6CC(NC(=O)Cc7ccccc7)C6)CC5)CC4)c3C2=O)C(=O)N1. The second-order valence-corrected chi connectivity index (χ2v) is 16.3. The Balaban J connectivity index is 0.723. The third kappa shape index (κ3) is 7.47. The van der Waals surface area contributed by atoms with Crippen LogP contribution in [0.1, 0.15) is 83.7 Å². The van der Waals surface area contributed by atoms with Crippen LogP contribution in [0, 0.1) is 11.8 Å². The summed E-state index contributed by atoms with van der Waals surface area (Å²) in [4.78, 5) is 83.4. The molecule has 6 heterocycles. The molecular weight excluding hydrogens is 725 g/mol. The van der Waals surface area contributed by atoms with Crippen LogP contribution < -0.4 is 20.9 Å². The lowest BCUT2D eigenvalue weighted by molar-refractivity contribution is -0.136. The number of nitrogens with zero attached hydrogens (tertiary/aromatic N) is 7. The van der Waals surface area contributed by atoms with Crippen LogP contribution in [0.25, 0.3) is 11.2 Å². The highest BCUT2D eigenvalue weighted by atomic mass is 16.2. The van der Waals surface area contributed by atoms with Crippen molar-refractivity contribution in [1.82, 2.24) is 40.0 Å². The van der Waals surface area contributed by atoms with Crippen LogP contribution in [-0.4, -0.2) is 110 Å². The van der Waals surface area contributed by atoms with Crippen LogP contribution in [-0.2, 0) is 20.8 Å². The van der Waals surface area contributed by atoms with Gasteiger partial charge in [-0.3, -0.25) is 34.2 Å². The Morgan fingerprint density at radius 2 is 1.60 bits per heavy atom. The third-order valence-corrected chi connectivity index (χ3v) is 12.6. The normalized spacial score (nSPS) is 23.4. The van der Waals surface area contributed by atoms with Crippen molar-refractivity contribution in [1.29, 1.82) is 0 Å². The molecule has 0 unspecified atom stereocenters. The molecule has 3 saturated heterocycles. The van der Waals surface area contributed by atoms with Crippen molar-refractivity contribution in [2.45, 2.75) is 75.9 Å². The van der Waals surface area contributed by atoms with Crippen molar-refractivity contribution in [3.05, 3.63) is 77.9 Å². The molecule has 5 amide bonds. The Kier molecular flexibility index (Phi) is 10.2. The molecule has 57 heavy (non-hydrogen) atoms. The largest absolute Gasteiger partial charge is 0.371 e. The monoisotopic (exact) mass is 772 g/mol. The first-order chi connectivity index (χ1) is 27.8. The van der Waals surface area contributed by atoms with Gasteiger partial charge in [-0.1, -0.05) is 36.4 Å². The molecule has 4 aliphatic heterocycles. The minimum absolute atomic E-state index is 0.0515. The molecule has 9 rings (SSSR count). The molecule has 296 valence electrons. The van der Waals surface area contributed by atoms with E-state index in [-0.39, 0.29) is 36.7 Å². The minimum atomic E-state index is -0.971. The number of amides is 5. The van der Waals surface area contributed by atoms with Gasteiger partial charge in [0.15, 0.2) is 11.5 Å². The van der Waals surface area contributed by atoms with Gasteiger partial charge in [0, 0.05) is 44.7 Å². The molecule has 0 spiro atoms. The number of anilines is 2. The number of imide groups is 2. The average molecular weight is 773 g/mol. The van der Waals surface area contributed by atoms with Crippen molar-refractivity contribution in [3.8, 4) is 0 Å². The summed E-state index contributed by atoms with van der Waals surface area (Å²) >= 11 is 0. The molecule has 0 radical (unpaired) electrons. The van der Waals surface area contributed by atoms with E-state index in [1.807, 2.05) is 42.7 Å². The lowest BCUT2D eigenvalue weighted by Crippen LogP contribution is -2.54. The fourth-order valence-electron chi connectivity index (χ4n) is 9.34. The highest BCUT2D eigenvalue weighted by Crippen LogP contribution is 2.37. The molecular formula is C42H48N10O5. The van der Waals surface area contributed by atoms with E-state index in [9.17, 15) is 24.0 Å². The summed E-state index contributed by atoms with van der Waals surface area (Å²) in [5.41, 5.74) is 4.05. The van der Waals surface area contributed by atoms with Gasteiger partial charge in [0.05, 0.1) is 29.6 Å². The molecule has 2 aromatic heterocycles. The maximum absolute atomic E-state index is 13.6. The summed E-state index contributed by atoms with van der Waals surface area (Å²) in [6, 6.07) is 14.6. The van der Waals surface area contributed by atoms with Crippen LogP contribution in [0.5, 0.6) is 0 Å². The van der Waals surface area contributed by atoms with Gasteiger partial charge in [-0.05, 0) is 87.6 Å². The summed E-state index contributed by atoms with van der Waals surface area (Å²) in [5, 5.41) is 9.02. The number of hydrogen-bond acceptors (Lipinski definition) is 11. The number of hydrogen-bond donors (Lipinski definition) is 3. The maximum atomic E-state index is 13.6. The first-order valence-electron chi connectivity index (χ1n) is 20.4. The number of imidazole rings is 1. The summed E-state index contributed by atoms with van der Waals surface area (Å²) in [6.45, 7) is 5.54. The number of piperidine rings is 3. The quantitative estimate of drug-likeness (QED) is 0.191. The van der Waals surface area contributed by atoms with Gasteiger partial charge in [0.25, 0.3) is 11.8 Å². The Hall–Kier alpha value is -5.70. The highest BCUT2D eigenvalue weighted by molar-refractivity contribution is 6.25. The van der Waals surface area contributed by atoms with Crippen LogP contribution >= 0.6 is 0 Å². The molecule has 3 N–H and O–H groups in total. The van der Waals surface area contributed by atoms with Crippen LogP contribution in [0.3, 0.4) is 0 Å². The van der Waals surface area contributed by atoms with Gasteiger partial charge in [-0.2, -0.15) is 0 Å². The number of rotatable bonds is 11. The van der Waals surface area contributed by atoms with Gasteiger partial charge in [-0.25, -0.2) is 15.0 Å². The van der Waals surface area contributed by atoms with E-state index < -0.39 is 23.8 Å². The predicted molar refractivity (Wildman–Crippen MR) is 211 cm³/mol. The van der Waals surface area contributed by atoms with Crippen molar-refractivity contribution >= 4 is 52.2 Å². The third-order valence-electron chi connectivity index (χ3n) is 12.6. The van der Waals surface area contributed by atoms with E-state index in [2.05, 4.69) is 40.3 Å². The second-order valence-electron chi connectivity index (χ2n) is 16.3. The smallest absolute Gasteiger partial charge is 0.264 e. The molecule has 4 aromatic rings. The second kappa shape index (κ2) is 15.7.